The second-order valence-electron chi connectivity index (χ2n) is 8.39. The van der Waals surface area contributed by atoms with Crippen molar-refractivity contribution in [3.63, 3.8) is 0 Å². The van der Waals surface area contributed by atoms with Crippen molar-refractivity contribution >= 4 is 38.9 Å². The van der Waals surface area contributed by atoms with Crippen molar-refractivity contribution in [1.82, 2.24) is 9.21 Å². The van der Waals surface area contributed by atoms with Crippen LogP contribution in [0.25, 0.3) is 0 Å². The number of nitrogens with zero attached hydrogens (tertiary/aromatic N) is 4. The van der Waals surface area contributed by atoms with Crippen molar-refractivity contribution in [2.24, 2.45) is 0 Å². The molecule has 172 valence electrons. The summed E-state index contributed by atoms with van der Waals surface area (Å²) in [5.74, 6) is -0.124. The van der Waals surface area contributed by atoms with Crippen LogP contribution in [0.3, 0.4) is 0 Å². The van der Waals surface area contributed by atoms with Crippen LogP contribution in [0, 0.1) is 0 Å². The lowest BCUT2D eigenvalue weighted by Crippen LogP contribution is -2.49. The van der Waals surface area contributed by atoms with E-state index >= 15 is 0 Å². The zero-order chi connectivity index (χ0) is 22.9. The molecule has 9 heteroatoms. The molecule has 0 N–H and O–H groups in total. The third-order valence-corrected chi connectivity index (χ3v) is 8.31. The van der Waals surface area contributed by atoms with E-state index in [-0.39, 0.29) is 10.8 Å². The molecular weight excluding hydrogens is 448 g/mol. The van der Waals surface area contributed by atoms with Gasteiger partial charge in [0.25, 0.3) is 5.91 Å². The Labute approximate surface area is 195 Å². The van der Waals surface area contributed by atoms with Gasteiger partial charge in [0.2, 0.25) is 10.0 Å². The highest BCUT2D eigenvalue weighted by atomic mass is 35.5. The van der Waals surface area contributed by atoms with Gasteiger partial charge in [-0.15, -0.1) is 0 Å². The fourth-order valence-corrected chi connectivity index (χ4v) is 5.50. The van der Waals surface area contributed by atoms with Gasteiger partial charge in [-0.1, -0.05) is 23.7 Å². The summed E-state index contributed by atoms with van der Waals surface area (Å²) in [5.41, 5.74) is 2.25. The molecule has 0 aliphatic carbocycles. The van der Waals surface area contributed by atoms with E-state index < -0.39 is 10.0 Å². The third-order valence-electron chi connectivity index (χ3n) is 6.18. The standard InChI is InChI=1S/C23H29ClN4O3S/c1-25(2)32(30,31)18-9-10-21(26-11-5-6-12-26)19(17-18)23(29)28-15-13-27(14-16-28)22-8-4-3-7-20(22)24/h3-4,7-10,17H,5-6,11-16H2,1-2H3. The number of piperazine rings is 1. The lowest BCUT2D eigenvalue weighted by molar-refractivity contribution is 0.0747. The molecule has 2 aromatic rings. The molecule has 2 fully saturated rings. The van der Waals surface area contributed by atoms with E-state index in [4.69, 9.17) is 11.6 Å². The molecule has 0 spiro atoms. The molecule has 2 heterocycles. The highest BCUT2D eigenvalue weighted by Crippen LogP contribution is 2.30. The first-order valence-corrected chi connectivity index (χ1v) is 12.7. The van der Waals surface area contributed by atoms with E-state index in [0.29, 0.717) is 36.8 Å². The number of hydrogen-bond acceptors (Lipinski definition) is 5. The SMILES string of the molecule is CN(C)S(=O)(=O)c1ccc(N2CCCC2)c(C(=O)N2CCN(c3ccccc3Cl)CC2)c1. The fourth-order valence-electron chi connectivity index (χ4n) is 4.32. The van der Waals surface area contributed by atoms with Gasteiger partial charge in [0.05, 0.1) is 21.2 Å². The van der Waals surface area contributed by atoms with E-state index in [1.165, 1.54) is 18.4 Å². The maximum absolute atomic E-state index is 13.6. The number of anilines is 2. The molecule has 0 bridgehead atoms. The number of carbonyl (C=O) groups is 1. The molecule has 0 radical (unpaired) electrons. The van der Waals surface area contributed by atoms with Crippen molar-refractivity contribution < 1.29 is 13.2 Å². The second kappa shape index (κ2) is 9.29. The topological polar surface area (TPSA) is 64.2 Å². The number of rotatable bonds is 5. The molecule has 0 atom stereocenters. The zero-order valence-electron chi connectivity index (χ0n) is 18.5. The Morgan fingerprint density at radius 2 is 1.50 bits per heavy atom. The summed E-state index contributed by atoms with van der Waals surface area (Å²) in [4.78, 5) is 19.9. The monoisotopic (exact) mass is 476 g/mol. The van der Waals surface area contributed by atoms with E-state index in [2.05, 4.69) is 9.80 Å². The van der Waals surface area contributed by atoms with Gasteiger partial charge in [-0.25, -0.2) is 12.7 Å². The Morgan fingerprint density at radius 1 is 0.875 bits per heavy atom. The summed E-state index contributed by atoms with van der Waals surface area (Å²) in [7, 11) is -0.634. The number of benzene rings is 2. The van der Waals surface area contributed by atoms with Crippen LogP contribution in [0.15, 0.2) is 47.4 Å². The van der Waals surface area contributed by atoms with Crippen LogP contribution in [0.1, 0.15) is 23.2 Å². The Hall–Kier alpha value is -2.29. The first-order chi connectivity index (χ1) is 15.3. The van der Waals surface area contributed by atoms with Crippen LogP contribution < -0.4 is 9.80 Å². The van der Waals surface area contributed by atoms with Crippen LogP contribution in [-0.2, 0) is 10.0 Å². The first-order valence-electron chi connectivity index (χ1n) is 10.9. The van der Waals surface area contributed by atoms with Gasteiger partial charge in [-0.3, -0.25) is 4.79 Å². The van der Waals surface area contributed by atoms with Crippen LogP contribution in [0.4, 0.5) is 11.4 Å². The third kappa shape index (κ3) is 4.44. The van der Waals surface area contributed by atoms with Gasteiger partial charge in [0, 0.05) is 59.1 Å². The number of halogens is 1. The molecule has 2 aliphatic rings. The minimum absolute atomic E-state index is 0.124. The first kappa shape index (κ1) is 22.9. The molecule has 0 aromatic heterocycles. The van der Waals surface area contributed by atoms with E-state index in [1.807, 2.05) is 29.2 Å². The lowest BCUT2D eigenvalue weighted by Gasteiger charge is -2.37. The number of para-hydroxylation sites is 1. The van der Waals surface area contributed by atoms with Crippen molar-refractivity contribution in [1.29, 1.82) is 0 Å². The van der Waals surface area contributed by atoms with Crippen molar-refractivity contribution in [3.05, 3.63) is 53.1 Å². The predicted octanol–water partition coefficient (Wildman–Crippen LogP) is 3.15. The molecule has 1 amide bonds. The van der Waals surface area contributed by atoms with Crippen LogP contribution in [0.2, 0.25) is 5.02 Å². The van der Waals surface area contributed by atoms with Gasteiger partial charge < -0.3 is 14.7 Å². The van der Waals surface area contributed by atoms with Crippen molar-refractivity contribution in [2.75, 3.05) is 63.2 Å². The summed E-state index contributed by atoms with van der Waals surface area (Å²) < 4.78 is 26.6. The number of carbonyl (C=O) groups excluding carboxylic acids is 1. The summed E-state index contributed by atoms with van der Waals surface area (Å²) in [6, 6.07) is 12.7. The molecule has 2 saturated heterocycles. The Bertz CT molecular complexity index is 1090. The van der Waals surface area contributed by atoms with Gasteiger partial charge >= 0.3 is 0 Å². The van der Waals surface area contributed by atoms with Gasteiger partial charge in [-0.2, -0.15) is 0 Å². The zero-order valence-corrected chi connectivity index (χ0v) is 20.1. The van der Waals surface area contributed by atoms with Gasteiger partial charge in [0.1, 0.15) is 0 Å². The minimum atomic E-state index is -3.63. The smallest absolute Gasteiger partial charge is 0.256 e. The molecule has 0 saturated carbocycles. The predicted molar refractivity (Wildman–Crippen MR) is 128 cm³/mol. The molecular formula is C23H29ClN4O3S. The van der Waals surface area contributed by atoms with Crippen LogP contribution in [0.5, 0.6) is 0 Å². The molecule has 4 rings (SSSR count). The average Bonchev–Trinajstić information content (AvgIpc) is 3.33. The maximum Gasteiger partial charge on any atom is 0.256 e. The number of hydrogen-bond donors (Lipinski definition) is 0. The van der Waals surface area contributed by atoms with Gasteiger partial charge in [0.15, 0.2) is 0 Å². The van der Waals surface area contributed by atoms with Crippen LogP contribution >= 0.6 is 11.6 Å². The number of sulfonamides is 1. The summed E-state index contributed by atoms with van der Waals surface area (Å²) in [6.45, 7) is 4.19. The lowest BCUT2D eigenvalue weighted by atomic mass is 10.1. The molecule has 2 aliphatic heterocycles. The quantitative estimate of drug-likeness (QED) is 0.663. The molecule has 7 nitrogen and oxygen atoms in total. The minimum Gasteiger partial charge on any atom is -0.371 e. The molecule has 0 unspecified atom stereocenters. The summed E-state index contributed by atoms with van der Waals surface area (Å²) in [6.07, 6.45) is 2.14. The normalized spacial score (nSPS) is 17.3. The molecule has 2 aromatic carbocycles. The number of amides is 1. The Balaban J connectivity index is 1.60. The van der Waals surface area contributed by atoms with Crippen LogP contribution in [-0.4, -0.2) is 76.9 Å². The highest BCUT2D eigenvalue weighted by Gasteiger charge is 2.29. The van der Waals surface area contributed by atoms with Gasteiger partial charge in [-0.05, 0) is 43.2 Å². The summed E-state index contributed by atoms with van der Waals surface area (Å²) in [5, 5.41) is 0.699. The largest absolute Gasteiger partial charge is 0.371 e. The Kier molecular flexibility index (Phi) is 6.65. The molecule has 32 heavy (non-hydrogen) atoms. The maximum atomic E-state index is 13.6. The summed E-state index contributed by atoms with van der Waals surface area (Å²) >= 11 is 6.34. The van der Waals surface area contributed by atoms with Crippen molar-refractivity contribution in [2.45, 2.75) is 17.7 Å². The van der Waals surface area contributed by atoms with E-state index in [0.717, 1.165) is 37.3 Å². The van der Waals surface area contributed by atoms with E-state index in [1.54, 1.807) is 18.2 Å². The van der Waals surface area contributed by atoms with Crippen molar-refractivity contribution in [3.8, 4) is 0 Å². The average molecular weight is 477 g/mol. The highest BCUT2D eigenvalue weighted by molar-refractivity contribution is 7.89. The Morgan fingerprint density at radius 3 is 2.12 bits per heavy atom. The van der Waals surface area contributed by atoms with E-state index in [9.17, 15) is 13.2 Å². The fraction of sp³-hybridized carbons (Fsp3) is 0.435. The second-order valence-corrected chi connectivity index (χ2v) is 11.0.